The van der Waals surface area contributed by atoms with Crippen LogP contribution in [0.5, 0.6) is 0 Å². The Morgan fingerprint density at radius 2 is 1.79 bits per heavy atom. The highest BCUT2D eigenvalue weighted by Crippen LogP contribution is 2.21. The third-order valence-electron chi connectivity index (χ3n) is 4.92. The van der Waals surface area contributed by atoms with E-state index in [-0.39, 0.29) is 30.2 Å². The molecule has 2 aliphatic rings. The van der Waals surface area contributed by atoms with Crippen molar-refractivity contribution < 1.29 is 9.90 Å². The van der Waals surface area contributed by atoms with E-state index in [1.165, 1.54) is 18.2 Å². The summed E-state index contributed by atoms with van der Waals surface area (Å²) in [5.41, 5.74) is 0.735. The lowest BCUT2D eigenvalue weighted by Gasteiger charge is -2.26. The summed E-state index contributed by atoms with van der Waals surface area (Å²) in [6.07, 6.45) is 3.66. The fraction of sp³-hybridized carbons (Fsp3) is 0.526. The fourth-order valence-electron chi connectivity index (χ4n) is 3.33. The SMILES string of the molecule is Cl.N=C(NC(=N)N1CC[C@H](O)C1)Nc1ccc(SCC(=O)N2CCCCC2)cc1. The predicted octanol–water partition coefficient (Wildman–Crippen LogP) is 2.15. The number of hydrogen-bond acceptors (Lipinski definition) is 5. The van der Waals surface area contributed by atoms with E-state index < -0.39 is 6.10 Å². The summed E-state index contributed by atoms with van der Waals surface area (Å²) in [6, 6.07) is 7.55. The van der Waals surface area contributed by atoms with Crippen molar-refractivity contribution in [2.24, 2.45) is 0 Å². The molecule has 0 spiro atoms. The molecule has 29 heavy (non-hydrogen) atoms. The number of aliphatic hydroxyl groups excluding tert-OH is 1. The van der Waals surface area contributed by atoms with Crippen molar-refractivity contribution in [3.8, 4) is 0 Å². The van der Waals surface area contributed by atoms with Crippen LogP contribution in [0.25, 0.3) is 0 Å². The minimum atomic E-state index is -0.406. The van der Waals surface area contributed by atoms with Gasteiger partial charge in [0.05, 0.1) is 11.9 Å². The number of β-amino-alcohol motifs (C(OH)–C–C–N with tert-alkyl or cyclic N) is 1. The van der Waals surface area contributed by atoms with Gasteiger partial charge in [-0.15, -0.1) is 24.2 Å². The maximum absolute atomic E-state index is 12.2. The van der Waals surface area contributed by atoms with E-state index in [1.54, 1.807) is 4.90 Å². The second kappa shape index (κ2) is 11.3. The lowest BCUT2D eigenvalue weighted by molar-refractivity contribution is -0.129. The van der Waals surface area contributed by atoms with Crippen LogP contribution in [0.3, 0.4) is 0 Å². The molecule has 2 fully saturated rings. The highest BCUT2D eigenvalue weighted by atomic mass is 35.5. The van der Waals surface area contributed by atoms with Gasteiger partial charge in [-0.25, -0.2) is 0 Å². The largest absolute Gasteiger partial charge is 0.391 e. The number of likely N-dealkylation sites (tertiary alicyclic amines) is 2. The molecular weight excluding hydrogens is 412 g/mol. The van der Waals surface area contributed by atoms with Crippen LogP contribution in [0, 0.1) is 10.8 Å². The molecule has 1 atom stereocenters. The van der Waals surface area contributed by atoms with Crippen molar-refractivity contribution in [3.63, 3.8) is 0 Å². The van der Waals surface area contributed by atoms with Crippen LogP contribution in [-0.2, 0) is 4.79 Å². The van der Waals surface area contributed by atoms with Gasteiger partial charge < -0.3 is 20.2 Å². The first-order valence-electron chi connectivity index (χ1n) is 9.66. The maximum Gasteiger partial charge on any atom is 0.232 e. The third-order valence-corrected chi connectivity index (χ3v) is 5.91. The van der Waals surface area contributed by atoms with Gasteiger partial charge in [0.2, 0.25) is 5.91 Å². The Morgan fingerprint density at radius 1 is 1.10 bits per heavy atom. The van der Waals surface area contributed by atoms with Gasteiger partial charge in [0.1, 0.15) is 0 Å². The van der Waals surface area contributed by atoms with Gasteiger partial charge in [0, 0.05) is 36.8 Å². The lowest BCUT2D eigenvalue weighted by atomic mass is 10.1. The number of aliphatic hydroxyl groups is 1. The van der Waals surface area contributed by atoms with Crippen molar-refractivity contribution >= 4 is 47.7 Å². The van der Waals surface area contributed by atoms with Crippen LogP contribution in [-0.4, -0.2) is 70.8 Å². The molecule has 1 amide bonds. The fourth-order valence-corrected chi connectivity index (χ4v) is 4.13. The Hall–Kier alpha value is -1.97. The van der Waals surface area contributed by atoms with E-state index in [0.717, 1.165) is 36.5 Å². The molecule has 8 nitrogen and oxygen atoms in total. The minimum absolute atomic E-state index is 0. The smallest absolute Gasteiger partial charge is 0.232 e. The van der Waals surface area contributed by atoms with Crippen LogP contribution in [0.15, 0.2) is 29.2 Å². The quantitative estimate of drug-likeness (QED) is 0.278. The predicted molar refractivity (Wildman–Crippen MR) is 119 cm³/mol. The molecule has 0 aliphatic carbocycles. The van der Waals surface area contributed by atoms with Crippen LogP contribution in [0.2, 0.25) is 0 Å². The standard InChI is InChI=1S/C19H28N6O2S.ClH/c20-18(23-19(21)25-11-8-15(26)12-25)22-14-4-6-16(7-5-14)28-13-17(27)24-9-2-1-3-10-24;/h4-7,15,26H,1-3,8-13H2,(H4,20,21,22,23);1H/t15-;/m0./s1. The molecule has 5 N–H and O–H groups in total. The molecule has 3 rings (SSSR count). The van der Waals surface area contributed by atoms with Gasteiger partial charge in [-0.1, -0.05) is 0 Å². The normalized spacial score (nSPS) is 18.7. The number of halogens is 1. The van der Waals surface area contributed by atoms with Gasteiger partial charge in [0.15, 0.2) is 11.9 Å². The average molecular weight is 441 g/mol. The third kappa shape index (κ3) is 7.09. The summed E-state index contributed by atoms with van der Waals surface area (Å²) in [6.45, 7) is 2.79. The molecule has 0 bridgehead atoms. The Kier molecular flexibility index (Phi) is 9.06. The Bertz CT molecular complexity index is 711. The molecule has 1 aromatic carbocycles. The Balaban J connectivity index is 0.00000300. The molecule has 0 aromatic heterocycles. The van der Waals surface area contributed by atoms with Crippen LogP contribution >= 0.6 is 24.2 Å². The molecule has 160 valence electrons. The van der Waals surface area contributed by atoms with Crippen molar-refractivity contribution in [3.05, 3.63) is 24.3 Å². The lowest BCUT2D eigenvalue weighted by Crippen LogP contribution is -2.44. The van der Waals surface area contributed by atoms with Gasteiger partial charge in [-0.05, 0) is 49.9 Å². The first-order chi connectivity index (χ1) is 13.5. The van der Waals surface area contributed by atoms with Crippen molar-refractivity contribution in [2.45, 2.75) is 36.7 Å². The van der Waals surface area contributed by atoms with Gasteiger partial charge in [0.25, 0.3) is 0 Å². The number of anilines is 1. The van der Waals surface area contributed by atoms with E-state index in [9.17, 15) is 9.90 Å². The summed E-state index contributed by atoms with van der Waals surface area (Å²) >= 11 is 1.52. The Morgan fingerprint density at radius 3 is 2.41 bits per heavy atom. The van der Waals surface area contributed by atoms with Crippen LogP contribution < -0.4 is 10.6 Å². The topological polar surface area (TPSA) is 116 Å². The highest BCUT2D eigenvalue weighted by molar-refractivity contribution is 8.00. The van der Waals surface area contributed by atoms with Crippen LogP contribution in [0.1, 0.15) is 25.7 Å². The van der Waals surface area contributed by atoms with Crippen molar-refractivity contribution in [1.82, 2.24) is 15.1 Å². The summed E-state index contributed by atoms with van der Waals surface area (Å²) in [7, 11) is 0. The van der Waals surface area contributed by atoms with Crippen molar-refractivity contribution in [1.29, 1.82) is 10.8 Å². The van der Waals surface area contributed by atoms with Gasteiger partial charge in [-0.3, -0.25) is 20.9 Å². The van der Waals surface area contributed by atoms with Gasteiger partial charge in [-0.2, -0.15) is 0 Å². The minimum Gasteiger partial charge on any atom is -0.391 e. The average Bonchev–Trinajstić information content (AvgIpc) is 3.14. The van der Waals surface area contributed by atoms with E-state index in [2.05, 4.69) is 10.6 Å². The molecular formula is C19H29ClN6O2S. The van der Waals surface area contributed by atoms with E-state index >= 15 is 0 Å². The molecule has 0 radical (unpaired) electrons. The summed E-state index contributed by atoms with van der Waals surface area (Å²) in [5.74, 6) is 0.760. The number of thioether (sulfide) groups is 1. The highest BCUT2D eigenvalue weighted by Gasteiger charge is 2.22. The number of benzene rings is 1. The number of nitrogens with zero attached hydrogens (tertiary/aromatic N) is 2. The zero-order chi connectivity index (χ0) is 19.9. The number of carbonyl (C=O) groups is 1. The number of piperidine rings is 1. The number of nitrogens with one attached hydrogen (secondary N) is 4. The van der Waals surface area contributed by atoms with Crippen LogP contribution in [0.4, 0.5) is 5.69 Å². The maximum atomic E-state index is 12.2. The molecule has 10 heteroatoms. The molecule has 0 unspecified atom stereocenters. The first-order valence-corrected chi connectivity index (χ1v) is 10.6. The molecule has 2 aliphatic heterocycles. The molecule has 2 saturated heterocycles. The molecule has 0 saturated carbocycles. The molecule has 2 heterocycles. The number of hydrogen-bond donors (Lipinski definition) is 5. The number of carbonyl (C=O) groups excluding carboxylic acids is 1. The summed E-state index contributed by atoms with van der Waals surface area (Å²) in [5, 5.41) is 31.1. The van der Waals surface area contributed by atoms with Crippen molar-refractivity contribution in [2.75, 3.05) is 37.2 Å². The second-order valence-corrected chi connectivity index (χ2v) is 8.17. The number of rotatable bonds is 4. The zero-order valence-corrected chi connectivity index (χ0v) is 18.0. The van der Waals surface area contributed by atoms with E-state index in [4.69, 9.17) is 10.8 Å². The number of amides is 1. The monoisotopic (exact) mass is 440 g/mol. The summed E-state index contributed by atoms with van der Waals surface area (Å²) < 4.78 is 0. The zero-order valence-electron chi connectivity index (χ0n) is 16.3. The Labute approximate surface area is 181 Å². The second-order valence-electron chi connectivity index (χ2n) is 7.12. The molecule has 1 aromatic rings. The van der Waals surface area contributed by atoms with E-state index in [0.29, 0.717) is 25.3 Å². The number of guanidine groups is 2. The summed E-state index contributed by atoms with van der Waals surface area (Å²) in [4.78, 5) is 16.9. The van der Waals surface area contributed by atoms with E-state index in [1.807, 2.05) is 29.2 Å². The first kappa shape index (κ1) is 23.3. The van der Waals surface area contributed by atoms with Gasteiger partial charge >= 0.3 is 0 Å².